The smallest absolute Gasteiger partial charge is 0.357 e. The minimum Gasteiger partial charge on any atom is -0.489 e. The summed E-state index contributed by atoms with van der Waals surface area (Å²) in [5, 5.41) is 12.5. The number of carboxylic acids is 1. The molecule has 0 radical (unpaired) electrons. The van der Waals surface area contributed by atoms with Crippen molar-refractivity contribution < 1.29 is 19.4 Å². The van der Waals surface area contributed by atoms with Crippen LogP contribution < -0.4 is 10.1 Å². The standard InChI is InChI=1S/C20H15ClN2O4S/c21-13-3-1-2-11(8-13)10-27-14-6-4-12(5-7-14)15-9-16(24)22-17-18(20(25)26)23-28-19(15)17/h1-8,15H,9-10H2,(H,22,24)(H,25,26)/t15-/m0/s1. The van der Waals surface area contributed by atoms with Crippen molar-refractivity contribution in [1.29, 1.82) is 0 Å². The van der Waals surface area contributed by atoms with E-state index in [0.29, 0.717) is 23.1 Å². The largest absolute Gasteiger partial charge is 0.489 e. The average Bonchev–Trinajstić information content (AvgIpc) is 3.10. The highest BCUT2D eigenvalue weighted by atomic mass is 35.5. The SMILES string of the molecule is O=C1C[C@@H](c2ccc(OCc3cccc(Cl)c3)cc2)c2snc(C(=O)O)c2N1. The molecule has 1 amide bonds. The summed E-state index contributed by atoms with van der Waals surface area (Å²) in [4.78, 5) is 24.1. The Morgan fingerprint density at radius 2 is 2.07 bits per heavy atom. The number of carbonyl (C=O) groups excluding carboxylic acids is 1. The molecule has 1 aliphatic heterocycles. The molecule has 0 saturated carbocycles. The van der Waals surface area contributed by atoms with Gasteiger partial charge in [-0.15, -0.1) is 0 Å². The third-order valence-electron chi connectivity index (χ3n) is 4.47. The van der Waals surface area contributed by atoms with Gasteiger partial charge in [-0.2, -0.15) is 4.37 Å². The molecule has 0 aliphatic carbocycles. The van der Waals surface area contributed by atoms with Gasteiger partial charge in [0, 0.05) is 17.4 Å². The van der Waals surface area contributed by atoms with Crippen LogP contribution in [-0.2, 0) is 11.4 Å². The maximum atomic E-state index is 12.1. The number of aromatic carboxylic acids is 1. The third-order valence-corrected chi connectivity index (χ3v) is 5.66. The second-order valence-corrected chi connectivity index (χ2v) is 7.61. The number of nitrogens with one attached hydrogen (secondary N) is 1. The number of aromatic nitrogens is 1. The van der Waals surface area contributed by atoms with E-state index in [1.165, 1.54) is 0 Å². The Balaban J connectivity index is 1.53. The molecule has 0 unspecified atom stereocenters. The number of nitrogens with zero attached hydrogens (tertiary/aromatic N) is 1. The second kappa shape index (κ2) is 7.61. The number of hydrogen-bond donors (Lipinski definition) is 2. The fourth-order valence-corrected chi connectivity index (χ4v) is 4.29. The fraction of sp³-hybridized carbons (Fsp3) is 0.150. The molecule has 2 aromatic carbocycles. The van der Waals surface area contributed by atoms with E-state index >= 15 is 0 Å². The van der Waals surface area contributed by atoms with Gasteiger partial charge in [0.05, 0.1) is 10.6 Å². The molecular weight excluding hydrogens is 400 g/mol. The van der Waals surface area contributed by atoms with Crippen molar-refractivity contribution in [2.24, 2.45) is 0 Å². The highest BCUT2D eigenvalue weighted by Gasteiger charge is 2.33. The molecule has 1 aromatic heterocycles. The quantitative estimate of drug-likeness (QED) is 0.639. The molecule has 0 bridgehead atoms. The summed E-state index contributed by atoms with van der Waals surface area (Å²) in [6.45, 7) is 0.396. The number of benzene rings is 2. The van der Waals surface area contributed by atoms with Gasteiger partial charge in [-0.3, -0.25) is 4.79 Å². The molecule has 142 valence electrons. The van der Waals surface area contributed by atoms with E-state index in [2.05, 4.69) is 9.69 Å². The van der Waals surface area contributed by atoms with Gasteiger partial charge >= 0.3 is 5.97 Å². The van der Waals surface area contributed by atoms with Gasteiger partial charge in [0.1, 0.15) is 12.4 Å². The van der Waals surface area contributed by atoms with Gasteiger partial charge in [-0.1, -0.05) is 35.9 Å². The molecule has 8 heteroatoms. The number of halogens is 1. The van der Waals surface area contributed by atoms with Crippen molar-refractivity contribution in [3.05, 3.63) is 75.3 Å². The number of hydrogen-bond acceptors (Lipinski definition) is 5. The van der Waals surface area contributed by atoms with Crippen LogP contribution in [0.3, 0.4) is 0 Å². The molecule has 4 rings (SSSR count). The number of anilines is 1. The Kier molecular flexibility index (Phi) is 5.02. The molecule has 2 heterocycles. The van der Waals surface area contributed by atoms with Gasteiger partial charge in [0.2, 0.25) is 5.91 Å². The van der Waals surface area contributed by atoms with Gasteiger partial charge in [0.25, 0.3) is 0 Å². The summed E-state index contributed by atoms with van der Waals surface area (Å²) in [6.07, 6.45) is 0.247. The van der Waals surface area contributed by atoms with Crippen molar-refractivity contribution in [1.82, 2.24) is 4.37 Å². The first-order chi connectivity index (χ1) is 13.5. The van der Waals surface area contributed by atoms with Crippen molar-refractivity contribution in [2.45, 2.75) is 18.9 Å². The summed E-state index contributed by atoms with van der Waals surface area (Å²) in [7, 11) is 0. The van der Waals surface area contributed by atoms with Crippen LogP contribution in [0, 0.1) is 0 Å². The molecule has 6 nitrogen and oxygen atoms in total. The number of fused-ring (bicyclic) bond motifs is 1. The molecule has 1 aliphatic rings. The minimum absolute atomic E-state index is 0.112. The Morgan fingerprint density at radius 1 is 1.29 bits per heavy atom. The number of rotatable bonds is 5. The Labute approximate surface area is 169 Å². The Bertz CT molecular complexity index is 1050. The van der Waals surface area contributed by atoms with Crippen molar-refractivity contribution in [3.63, 3.8) is 0 Å². The fourth-order valence-electron chi connectivity index (χ4n) is 3.13. The first-order valence-electron chi connectivity index (χ1n) is 8.51. The minimum atomic E-state index is -1.15. The second-order valence-electron chi connectivity index (χ2n) is 6.37. The van der Waals surface area contributed by atoms with E-state index in [1.807, 2.05) is 48.5 Å². The average molecular weight is 415 g/mol. The zero-order chi connectivity index (χ0) is 19.7. The van der Waals surface area contributed by atoms with Gasteiger partial charge in [-0.25, -0.2) is 4.79 Å². The van der Waals surface area contributed by atoms with Gasteiger partial charge in [0.15, 0.2) is 5.69 Å². The number of carbonyl (C=O) groups is 2. The Morgan fingerprint density at radius 3 is 2.79 bits per heavy atom. The van der Waals surface area contributed by atoms with Crippen LogP contribution in [0.2, 0.25) is 5.02 Å². The van der Waals surface area contributed by atoms with Crippen molar-refractivity contribution in [3.8, 4) is 5.75 Å². The van der Waals surface area contributed by atoms with Gasteiger partial charge < -0.3 is 15.2 Å². The molecular formula is C20H15ClN2O4S. The molecule has 0 spiro atoms. The predicted molar refractivity (Wildman–Crippen MR) is 106 cm³/mol. The van der Waals surface area contributed by atoms with Gasteiger partial charge in [-0.05, 0) is 46.9 Å². The normalized spacial score (nSPS) is 15.6. The molecule has 28 heavy (non-hydrogen) atoms. The third kappa shape index (κ3) is 3.72. The molecule has 0 saturated heterocycles. The van der Waals surface area contributed by atoms with Crippen LogP contribution in [-0.4, -0.2) is 21.4 Å². The van der Waals surface area contributed by atoms with E-state index in [9.17, 15) is 14.7 Å². The lowest BCUT2D eigenvalue weighted by atomic mass is 9.90. The molecule has 0 fully saturated rings. The first-order valence-corrected chi connectivity index (χ1v) is 9.66. The van der Waals surface area contributed by atoms with Crippen LogP contribution in [0.5, 0.6) is 5.75 Å². The zero-order valence-electron chi connectivity index (χ0n) is 14.5. The first kappa shape index (κ1) is 18.5. The maximum Gasteiger partial charge on any atom is 0.357 e. The zero-order valence-corrected chi connectivity index (χ0v) is 16.1. The number of ether oxygens (including phenoxy) is 1. The van der Waals surface area contributed by atoms with Crippen LogP contribution in [0.1, 0.15) is 38.8 Å². The van der Waals surface area contributed by atoms with E-state index in [4.69, 9.17) is 16.3 Å². The van der Waals surface area contributed by atoms with E-state index in [0.717, 1.165) is 27.5 Å². The highest BCUT2D eigenvalue weighted by Crippen LogP contribution is 2.41. The topological polar surface area (TPSA) is 88.5 Å². The lowest BCUT2D eigenvalue weighted by Gasteiger charge is -2.22. The van der Waals surface area contributed by atoms with E-state index in [1.54, 1.807) is 0 Å². The van der Waals surface area contributed by atoms with E-state index in [-0.39, 0.29) is 23.9 Å². The molecule has 1 atom stereocenters. The summed E-state index contributed by atoms with van der Waals surface area (Å²) < 4.78 is 9.78. The van der Waals surface area contributed by atoms with Crippen molar-refractivity contribution >= 4 is 40.7 Å². The predicted octanol–water partition coefficient (Wildman–Crippen LogP) is 4.55. The Hall–Kier alpha value is -2.90. The monoisotopic (exact) mass is 414 g/mol. The summed E-state index contributed by atoms with van der Waals surface area (Å²) >= 11 is 7.09. The lowest BCUT2D eigenvalue weighted by Crippen LogP contribution is -2.23. The summed E-state index contributed by atoms with van der Waals surface area (Å²) in [5.74, 6) is -0.902. The van der Waals surface area contributed by atoms with Crippen LogP contribution in [0.25, 0.3) is 0 Å². The lowest BCUT2D eigenvalue weighted by molar-refractivity contribution is -0.116. The number of amides is 1. The number of carboxylic acid groups (broad SMARTS) is 1. The van der Waals surface area contributed by atoms with Crippen LogP contribution in [0.15, 0.2) is 48.5 Å². The molecule has 2 N–H and O–H groups in total. The van der Waals surface area contributed by atoms with Crippen LogP contribution in [0.4, 0.5) is 5.69 Å². The van der Waals surface area contributed by atoms with E-state index < -0.39 is 5.97 Å². The molecule has 3 aromatic rings. The summed E-state index contributed by atoms with van der Waals surface area (Å²) in [6, 6.07) is 14.9. The highest BCUT2D eigenvalue weighted by molar-refractivity contribution is 7.06. The van der Waals surface area contributed by atoms with Crippen LogP contribution >= 0.6 is 23.1 Å². The van der Waals surface area contributed by atoms with Crippen molar-refractivity contribution in [2.75, 3.05) is 5.32 Å². The maximum absolute atomic E-state index is 12.1. The summed E-state index contributed by atoms with van der Waals surface area (Å²) in [5.41, 5.74) is 2.07.